The number of aromatic amines is 1. The molecule has 0 spiro atoms. The van der Waals surface area contributed by atoms with E-state index in [4.69, 9.17) is 0 Å². The van der Waals surface area contributed by atoms with Gasteiger partial charge in [0.1, 0.15) is 0 Å². The number of H-pyrrole nitrogens is 1. The minimum absolute atomic E-state index is 0. The molecule has 0 aliphatic heterocycles. The Labute approximate surface area is 83.0 Å². The van der Waals surface area contributed by atoms with Crippen LogP contribution in [0.25, 0.3) is 0 Å². The maximum absolute atomic E-state index is 3.60. The van der Waals surface area contributed by atoms with Crippen molar-refractivity contribution in [1.29, 1.82) is 0 Å². The molecule has 4 heteroatoms. The third-order valence-corrected chi connectivity index (χ3v) is 1.63. The molecular weight excluding hydrogens is 223 g/mol. The van der Waals surface area contributed by atoms with Crippen LogP contribution >= 0.6 is 11.8 Å². The van der Waals surface area contributed by atoms with Crippen molar-refractivity contribution in [3.05, 3.63) is 18.5 Å². The summed E-state index contributed by atoms with van der Waals surface area (Å²) in [5, 5.41) is 6.21. The molecule has 0 fully saturated rings. The molecule has 1 aromatic heterocycles. The van der Waals surface area contributed by atoms with E-state index in [0.29, 0.717) is 0 Å². The first-order valence-corrected chi connectivity index (χ1v) is 4.58. The molecule has 0 saturated heterocycles. The zero-order valence-corrected chi connectivity index (χ0v) is 9.92. The topological polar surface area (TPSA) is 28.7 Å². The van der Waals surface area contributed by atoms with Gasteiger partial charge in [-0.25, -0.2) is 0 Å². The molecule has 1 N–H and O–H groups in total. The van der Waals surface area contributed by atoms with E-state index in [1.54, 1.807) is 12.4 Å². The van der Waals surface area contributed by atoms with Crippen LogP contribution in [0, 0.1) is 0 Å². The molecule has 0 saturated carbocycles. The van der Waals surface area contributed by atoms with Gasteiger partial charge in [-0.1, -0.05) is 13.8 Å². The van der Waals surface area contributed by atoms with Gasteiger partial charge < -0.3 is 0 Å². The second kappa shape index (κ2) is 12.7. The van der Waals surface area contributed by atoms with Crippen molar-refractivity contribution in [2.45, 2.75) is 13.8 Å². The standard InChI is InChI=1S/C4H10S.C3H4N2.H2Se/c1-3-5-4-2;1-2-4-5-3-1;/h3-4H2,1-2H3;1-3H,(H,4,5);1H2. The van der Waals surface area contributed by atoms with Crippen LogP contribution < -0.4 is 0 Å². The third kappa shape index (κ3) is 13.1. The quantitative estimate of drug-likeness (QED) is 0.787. The van der Waals surface area contributed by atoms with E-state index < -0.39 is 0 Å². The van der Waals surface area contributed by atoms with Crippen molar-refractivity contribution in [1.82, 2.24) is 10.2 Å². The van der Waals surface area contributed by atoms with Crippen molar-refractivity contribution in [2.75, 3.05) is 11.5 Å². The first-order valence-electron chi connectivity index (χ1n) is 3.43. The fraction of sp³-hybridized carbons (Fsp3) is 0.571. The minimum atomic E-state index is 0. The fourth-order valence-electron chi connectivity index (χ4n) is 0.419. The zero-order valence-electron chi connectivity index (χ0n) is 7.00. The summed E-state index contributed by atoms with van der Waals surface area (Å²) in [5.41, 5.74) is 0. The summed E-state index contributed by atoms with van der Waals surface area (Å²) in [6, 6.07) is 1.83. The van der Waals surface area contributed by atoms with Crippen molar-refractivity contribution >= 4 is 28.8 Å². The zero-order chi connectivity index (χ0) is 7.66. The van der Waals surface area contributed by atoms with Crippen LogP contribution in [0.3, 0.4) is 0 Å². The van der Waals surface area contributed by atoms with Gasteiger partial charge in [0.25, 0.3) is 0 Å². The van der Waals surface area contributed by atoms with Gasteiger partial charge in [0.2, 0.25) is 0 Å². The monoisotopic (exact) mass is 240 g/mol. The van der Waals surface area contributed by atoms with Crippen LogP contribution in [0.1, 0.15) is 13.8 Å². The number of nitrogens with one attached hydrogen (secondary N) is 1. The number of hydrogen-bond acceptors (Lipinski definition) is 2. The summed E-state index contributed by atoms with van der Waals surface area (Å²) in [6.07, 6.45) is 3.46. The molecule has 0 radical (unpaired) electrons. The van der Waals surface area contributed by atoms with Crippen LogP contribution in [-0.2, 0) is 0 Å². The van der Waals surface area contributed by atoms with E-state index in [1.165, 1.54) is 11.5 Å². The molecule has 2 nitrogen and oxygen atoms in total. The van der Waals surface area contributed by atoms with E-state index in [9.17, 15) is 0 Å². The van der Waals surface area contributed by atoms with Crippen LogP contribution in [0.5, 0.6) is 0 Å². The SMILES string of the molecule is CCSCC.[SeH2].c1cn[nH]c1. The molecule has 11 heavy (non-hydrogen) atoms. The van der Waals surface area contributed by atoms with Crippen LogP contribution in [0.4, 0.5) is 0 Å². The number of rotatable bonds is 2. The molecule has 1 rings (SSSR count). The minimum Gasteiger partial charge on any atom is -0.286 e. The van der Waals surface area contributed by atoms with Crippen LogP contribution in [0.2, 0.25) is 0 Å². The van der Waals surface area contributed by atoms with Crippen LogP contribution in [-0.4, -0.2) is 38.8 Å². The van der Waals surface area contributed by atoms with Gasteiger partial charge in [-0.3, -0.25) is 5.10 Å². The molecule has 1 aromatic rings. The molecular formula is C7H16N2SSe. The van der Waals surface area contributed by atoms with E-state index in [0.717, 1.165) is 0 Å². The van der Waals surface area contributed by atoms with Crippen molar-refractivity contribution < 1.29 is 0 Å². The maximum atomic E-state index is 3.60. The summed E-state index contributed by atoms with van der Waals surface area (Å²) in [7, 11) is 0. The Morgan fingerprint density at radius 1 is 1.36 bits per heavy atom. The Morgan fingerprint density at radius 3 is 2.09 bits per heavy atom. The van der Waals surface area contributed by atoms with Crippen molar-refractivity contribution in [3.63, 3.8) is 0 Å². The smallest absolute Gasteiger partial charge is 0.0487 e. The van der Waals surface area contributed by atoms with Crippen molar-refractivity contribution in [3.8, 4) is 0 Å². The molecule has 0 amide bonds. The Kier molecular flexibility index (Phi) is 15.8. The number of thioether (sulfide) groups is 1. The second-order valence-electron chi connectivity index (χ2n) is 1.55. The molecule has 0 atom stereocenters. The van der Waals surface area contributed by atoms with Gasteiger partial charge in [-0.2, -0.15) is 16.9 Å². The second-order valence-corrected chi connectivity index (χ2v) is 3.11. The third-order valence-electron chi connectivity index (χ3n) is 0.814. The van der Waals surface area contributed by atoms with E-state index in [-0.39, 0.29) is 17.1 Å². The first kappa shape index (κ1) is 13.7. The fourth-order valence-corrected chi connectivity index (χ4v) is 0.828. The Balaban J connectivity index is 0. The van der Waals surface area contributed by atoms with Gasteiger partial charge in [-0.15, -0.1) is 0 Å². The first-order chi connectivity index (χ1) is 4.91. The van der Waals surface area contributed by atoms with Crippen LogP contribution in [0.15, 0.2) is 18.5 Å². The van der Waals surface area contributed by atoms with Gasteiger partial charge in [0, 0.05) is 12.4 Å². The number of aromatic nitrogens is 2. The molecule has 0 aromatic carbocycles. The van der Waals surface area contributed by atoms with Gasteiger partial charge in [0.05, 0.1) is 0 Å². The predicted molar refractivity (Wildman–Crippen MR) is 55.8 cm³/mol. The van der Waals surface area contributed by atoms with Gasteiger partial charge >= 0.3 is 17.1 Å². The Morgan fingerprint density at radius 2 is 2.00 bits per heavy atom. The van der Waals surface area contributed by atoms with Crippen molar-refractivity contribution in [2.24, 2.45) is 0 Å². The predicted octanol–water partition coefficient (Wildman–Crippen LogP) is 1.25. The van der Waals surface area contributed by atoms with Gasteiger partial charge in [0.15, 0.2) is 0 Å². The largest absolute Gasteiger partial charge is 0.286 e. The molecule has 0 aliphatic carbocycles. The molecule has 66 valence electrons. The summed E-state index contributed by atoms with van der Waals surface area (Å²) < 4.78 is 0. The average Bonchev–Trinajstić information content (AvgIpc) is 2.44. The Bertz CT molecular complexity index is 103. The molecule has 1 heterocycles. The summed E-state index contributed by atoms with van der Waals surface area (Å²) in [4.78, 5) is 0. The van der Waals surface area contributed by atoms with Gasteiger partial charge in [-0.05, 0) is 17.6 Å². The molecule has 0 bridgehead atoms. The van der Waals surface area contributed by atoms with E-state index >= 15 is 0 Å². The maximum Gasteiger partial charge on any atom is 0.0487 e. The average molecular weight is 239 g/mol. The Hall–Kier alpha value is 0.0795. The molecule has 0 aliphatic rings. The summed E-state index contributed by atoms with van der Waals surface area (Å²) in [5.74, 6) is 2.52. The number of nitrogens with zero attached hydrogens (tertiary/aromatic N) is 1. The normalized spacial score (nSPS) is 7.45. The summed E-state index contributed by atoms with van der Waals surface area (Å²) in [6.45, 7) is 4.35. The number of hydrogen-bond donors (Lipinski definition) is 1. The van der Waals surface area contributed by atoms with E-state index in [1.807, 2.05) is 17.8 Å². The molecule has 0 unspecified atom stereocenters. The summed E-state index contributed by atoms with van der Waals surface area (Å²) >= 11 is 1.96. The van der Waals surface area contributed by atoms with E-state index in [2.05, 4.69) is 24.0 Å².